The molecule has 2 aromatic carbocycles. The summed E-state index contributed by atoms with van der Waals surface area (Å²) in [6.45, 7) is 10.9. The Hall–Kier alpha value is -2.62. The number of carbonyl (C=O) groups is 1. The third kappa shape index (κ3) is 5.74. The van der Waals surface area contributed by atoms with E-state index in [0.29, 0.717) is 30.6 Å². The first-order chi connectivity index (χ1) is 19.1. The quantitative estimate of drug-likeness (QED) is 0.382. The van der Waals surface area contributed by atoms with Gasteiger partial charge in [0.05, 0.1) is 5.56 Å². The maximum absolute atomic E-state index is 13.4. The largest absolute Gasteiger partial charge is 0.492 e. The van der Waals surface area contributed by atoms with Gasteiger partial charge in [0.1, 0.15) is 12.4 Å². The van der Waals surface area contributed by atoms with Gasteiger partial charge in [-0.3, -0.25) is 9.69 Å². The predicted molar refractivity (Wildman–Crippen MR) is 148 cm³/mol. The van der Waals surface area contributed by atoms with E-state index in [1.165, 1.54) is 23.3 Å². The first-order valence-corrected chi connectivity index (χ1v) is 14.3. The lowest BCUT2D eigenvalue weighted by atomic mass is 9.86. The van der Waals surface area contributed by atoms with Crippen LogP contribution >= 0.6 is 0 Å². The van der Waals surface area contributed by atoms with Crippen LogP contribution in [0.15, 0.2) is 36.4 Å². The van der Waals surface area contributed by atoms with E-state index in [2.05, 4.69) is 43.1 Å². The topological polar surface area (TPSA) is 54.0 Å². The maximum atomic E-state index is 13.4. The van der Waals surface area contributed by atoms with Crippen molar-refractivity contribution in [1.29, 1.82) is 0 Å². The van der Waals surface area contributed by atoms with E-state index in [9.17, 15) is 18.0 Å². The van der Waals surface area contributed by atoms with Gasteiger partial charge in [-0.2, -0.15) is 13.2 Å². The van der Waals surface area contributed by atoms with Gasteiger partial charge in [-0.25, -0.2) is 0 Å². The normalized spacial score (nSPS) is 24.6. The Balaban J connectivity index is 1.22. The molecule has 3 saturated heterocycles. The number of nitrogens with zero attached hydrogens (tertiary/aromatic N) is 2. The molecule has 1 amide bonds. The average molecular weight is 560 g/mol. The van der Waals surface area contributed by atoms with Crippen LogP contribution < -0.4 is 10.1 Å². The monoisotopic (exact) mass is 559 g/mol. The molecule has 5 atom stereocenters. The van der Waals surface area contributed by atoms with E-state index in [0.717, 1.165) is 62.5 Å². The molecule has 218 valence electrons. The molecular formula is C31H40F3N3O3. The summed E-state index contributed by atoms with van der Waals surface area (Å²) in [6.07, 6.45) is -2.33. The Labute approximate surface area is 234 Å². The van der Waals surface area contributed by atoms with Crippen LogP contribution in [-0.2, 0) is 10.9 Å². The number of hydrogen-bond donors (Lipinski definition) is 1. The third-order valence-electron chi connectivity index (χ3n) is 9.17. The van der Waals surface area contributed by atoms with Crippen LogP contribution in [0.3, 0.4) is 0 Å². The number of hydrogen-bond acceptors (Lipinski definition) is 5. The Kier molecular flexibility index (Phi) is 8.45. The molecule has 1 saturated carbocycles. The first-order valence-electron chi connectivity index (χ1n) is 14.3. The van der Waals surface area contributed by atoms with E-state index >= 15 is 0 Å². The van der Waals surface area contributed by atoms with Gasteiger partial charge in [-0.05, 0) is 99.0 Å². The van der Waals surface area contributed by atoms with Crippen LogP contribution in [0.4, 0.5) is 13.2 Å². The maximum Gasteiger partial charge on any atom is 0.416 e. The number of rotatable bonds is 11. The van der Waals surface area contributed by atoms with E-state index in [4.69, 9.17) is 9.47 Å². The summed E-state index contributed by atoms with van der Waals surface area (Å²) in [6, 6.07) is 9.40. The summed E-state index contributed by atoms with van der Waals surface area (Å²) in [7, 11) is 1.71. The Morgan fingerprint density at radius 2 is 1.73 bits per heavy atom. The van der Waals surface area contributed by atoms with Crippen molar-refractivity contribution in [3.63, 3.8) is 0 Å². The number of carbonyl (C=O) groups excluding carboxylic acids is 1. The molecule has 2 aromatic rings. The highest BCUT2D eigenvalue weighted by Crippen LogP contribution is 2.56. The van der Waals surface area contributed by atoms with E-state index < -0.39 is 11.7 Å². The number of piperazine rings is 1. The Bertz CT molecular complexity index is 1200. The number of halogens is 3. The number of fused-ring (bicyclic) bond motifs is 2. The van der Waals surface area contributed by atoms with E-state index in [1.807, 2.05) is 4.90 Å². The van der Waals surface area contributed by atoms with Gasteiger partial charge in [0.2, 0.25) is 0 Å². The van der Waals surface area contributed by atoms with Gasteiger partial charge >= 0.3 is 6.18 Å². The van der Waals surface area contributed by atoms with Crippen LogP contribution in [-0.4, -0.2) is 74.3 Å². The Morgan fingerprint density at radius 3 is 2.42 bits per heavy atom. The summed E-state index contributed by atoms with van der Waals surface area (Å²) in [5, 5.41) is 3.37. The molecule has 0 spiro atoms. The molecule has 6 nitrogen and oxygen atoms in total. The van der Waals surface area contributed by atoms with Crippen LogP contribution in [0, 0.1) is 25.7 Å². The molecule has 4 aliphatic rings. The van der Waals surface area contributed by atoms with Gasteiger partial charge in [-0.15, -0.1) is 0 Å². The van der Waals surface area contributed by atoms with Crippen LogP contribution in [0.2, 0.25) is 0 Å². The van der Waals surface area contributed by atoms with Crippen molar-refractivity contribution in [3.05, 3.63) is 64.2 Å². The minimum absolute atomic E-state index is 0.0904. The van der Waals surface area contributed by atoms with Gasteiger partial charge < -0.3 is 19.7 Å². The minimum Gasteiger partial charge on any atom is -0.492 e. The molecular weight excluding hydrogens is 519 g/mol. The van der Waals surface area contributed by atoms with Crippen molar-refractivity contribution in [2.75, 3.05) is 46.5 Å². The second-order valence-corrected chi connectivity index (χ2v) is 11.5. The van der Waals surface area contributed by atoms with Crippen molar-refractivity contribution >= 4 is 5.91 Å². The molecule has 4 unspecified atom stereocenters. The molecule has 4 fully saturated rings. The highest BCUT2D eigenvalue weighted by Gasteiger charge is 2.61. The fourth-order valence-electron chi connectivity index (χ4n) is 6.71. The molecule has 1 aliphatic carbocycles. The molecule has 3 aliphatic heterocycles. The standard InChI is InChI=1S/C31H40F3N3O3/c1-19-20(2)29(40-15-13-35-12-5-14-39-4)11-10-24(19)21(3)36-17-28-26-16-25(26)27(36)18-37(28)30(38)22-6-8-23(9-7-22)31(32,33)34/h6-11,21,25-28,35H,5,12-18H2,1-4H3/t21-,25?,26?,27?,28?/m0/s1. The summed E-state index contributed by atoms with van der Waals surface area (Å²) in [5.74, 6) is 1.81. The minimum atomic E-state index is -4.41. The fourth-order valence-corrected chi connectivity index (χ4v) is 6.71. The van der Waals surface area contributed by atoms with Crippen LogP contribution in [0.25, 0.3) is 0 Å². The number of benzene rings is 2. The van der Waals surface area contributed by atoms with Crippen molar-refractivity contribution in [2.24, 2.45) is 11.8 Å². The molecule has 6 rings (SSSR count). The molecule has 3 heterocycles. The van der Waals surface area contributed by atoms with Gasteiger partial charge in [0, 0.05) is 57.0 Å². The Morgan fingerprint density at radius 1 is 1.00 bits per heavy atom. The molecule has 2 bridgehead atoms. The number of alkyl halides is 3. The zero-order valence-electron chi connectivity index (χ0n) is 23.8. The van der Waals surface area contributed by atoms with Gasteiger partial charge in [-0.1, -0.05) is 6.07 Å². The smallest absolute Gasteiger partial charge is 0.416 e. The summed E-state index contributed by atoms with van der Waals surface area (Å²) >= 11 is 0. The first kappa shape index (κ1) is 28.9. The van der Waals surface area contributed by atoms with Crippen molar-refractivity contribution in [2.45, 2.75) is 57.9 Å². The lowest BCUT2D eigenvalue weighted by Crippen LogP contribution is -2.65. The summed E-state index contributed by atoms with van der Waals surface area (Å²) in [4.78, 5) is 17.8. The zero-order valence-corrected chi connectivity index (χ0v) is 23.8. The molecule has 9 heteroatoms. The third-order valence-corrected chi connectivity index (χ3v) is 9.17. The van der Waals surface area contributed by atoms with Crippen LogP contribution in [0.1, 0.15) is 58.4 Å². The average Bonchev–Trinajstić information content (AvgIpc) is 3.76. The number of amides is 1. The van der Waals surface area contributed by atoms with Gasteiger partial charge in [0.25, 0.3) is 5.91 Å². The fraction of sp³-hybridized carbons (Fsp3) is 0.581. The van der Waals surface area contributed by atoms with E-state index in [1.54, 1.807) is 7.11 Å². The summed E-state index contributed by atoms with van der Waals surface area (Å²) < 4.78 is 50.1. The highest BCUT2D eigenvalue weighted by molar-refractivity contribution is 5.94. The molecule has 1 N–H and O–H groups in total. The highest BCUT2D eigenvalue weighted by atomic mass is 19.4. The summed E-state index contributed by atoms with van der Waals surface area (Å²) in [5.41, 5.74) is 3.24. The van der Waals surface area contributed by atoms with Crippen LogP contribution in [0.5, 0.6) is 5.75 Å². The van der Waals surface area contributed by atoms with E-state index in [-0.39, 0.29) is 24.0 Å². The number of nitrogens with one attached hydrogen (secondary N) is 1. The number of methoxy groups -OCH3 is 1. The molecule has 0 aromatic heterocycles. The number of ether oxygens (including phenoxy) is 2. The number of piperidine rings is 2. The predicted octanol–water partition coefficient (Wildman–Crippen LogP) is 5.23. The second kappa shape index (κ2) is 11.7. The molecule has 0 radical (unpaired) electrons. The van der Waals surface area contributed by atoms with Crippen molar-refractivity contribution < 1.29 is 27.4 Å². The SMILES string of the molecule is COCCCNCCOc1ccc([C@H](C)N2CC3C4CC4C2CN3C(=O)c2ccc(C(F)(F)F)cc2)c(C)c1C. The zero-order chi connectivity index (χ0) is 28.6. The lowest BCUT2D eigenvalue weighted by Gasteiger charge is -2.53. The van der Waals surface area contributed by atoms with Crippen molar-refractivity contribution in [1.82, 2.24) is 15.1 Å². The molecule has 40 heavy (non-hydrogen) atoms. The van der Waals surface area contributed by atoms with Gasteiger partial charge in [0.15, 0.2) is 0 Å². The lowest BCUT2D eigenvalue weighted by molar-refractivity contribution is -0.137. The second-order valence-electron chi connectivity index (χ2n) is 11.5. The van der Waals surface area contributed by atoms with Crippen molar-refractivity contribution in [3.8, 4) is 5.75 Å².